The third kappa shape index (κ3) is 5.60. The molecule has 2 heterocycles. The van der Waals surface area contributed by atoms with E-state index >= 15 is 0 Å². The van der Waals surface area contributed by atoms with Gasteiger partial charge in [0.25, 0.3) is 11.8 Å². The third-order valence-corrected chi connectivity index (χ3v) is 8.60. The molecule has 1 aliphatic heterocycles. The van der Waals surface area contributed by atoms with E-state index in [1.54, 1.807) is 13.8 Å². The van der Waals surface area contributed by atoms with Crippen molar-refractivity contribution < 1.29 is 27.5 Å². The van der Waals surface area contributed by atoms with Crippen molar-refractivity contribution in [3.8, 4) is 0 Å². The highest BCUT2D eigenvalue weighted by atomic mass is 32.2. The van der Waals surface area contributed by atoms with E-state index in [4.69, 9.17) is 0 Å². The number of sulfonamides is 1. The van der Waals surface area contributed by atoms with Crippen LogP contribution >= 0.6 is 11.3 Å². The van der Waals surface area contributed by atoms with Crippen molar-refractivity contribution in [2.24, 2.45) is 0 Å². The SMILES string of the molecule is COC(=O)NC(=O)c1c(NC(=O)c2ccc(S(=O)(=O)N3CCCCCC3)cc2)sc(C)c1C. The Hall–Kier alpha value is -2.76. The number of rotatable bonds is 5. The zero-order chi connectivity index (χ0) is 24.2. The topological polar surface area (TPSA) is 122 Å². The minimum atomic E-state index is -3.61. The zero-order valence-corrected chi connectivity index (χ0v) is 20.4. The molecule has 1 aromatic heterocycles. The third-order valence-electron chi connectivity index (χ3n) is 5.56. The second kappa shape index (κ2) is 10.4. The molecular weight excluding hydrogens is 466 g/mol. The van der Waals surface area contributed by atoms with Crippen molar-refractivity contribution in [1.29, 1.82) is 0 Å². The van der Waals surface area contributed by atoms with Crippen LogP contribution in [0.3, 0.4) is 0 Å². The van der Waals surface area contributed by atoms with E-state index in [0.29, 0.717) is 18.7 Å². The number of ether oxygens (including phenoxy) is 1. The predicted octanol–water partition coefficient (Wildman–Crippen LogP) is 3.68. The molecular formula is C22H27N3O6S2. The molecule has 1 aliphatic rings. The Morgan fingerprint density at radius 3 is 2.15 bits per heavy atom. The van der Waals surface area contributed by atoms with E-state index in [-0.39, 0.29) is 21.0 Å². The van der Waals surface area contributed by atoms with Crippen LogP contribution in [-0.4, -0.2) is 50.8 Å². The first-order valence-corrected chi connectivity index (χ1v) is 12.8. The molecule has 0 saturated carbocycles. The molecule has 0 atom stereocenters. The van der Waals surface area contributed by atoms with Gasteiger partial charge in [-0.05, 0) is 56.5 Å². The highest BCUT2D eigenvalue weighted by Gasteiger charge is 2.26. The highest BCUT2D eigenvalue weighted by Crippen LogP contribution is 2.33. The number of imide groups is 1. The standard InChI is InChI=1S/C22H27N3O6S2/c1-14-15(2)32-21(18(14)20(27)24-22(28)31-3)23-19(26)16-8-10-17(11-9-16)33(29,30)25-12-6-4-5-7-13-25/h8-11H,4-7,12-13H2,1-3H3,(H,23,26)(H,24,27,28). The van der Waals surface area contributed by atoms with Gasteiger partial charge in [0.1, 0.15) is 5.00 Å². The number of hydrogen-bond acceptors (Lipinski definition) is 7. The number of benzene rings is 1. The summed E-state index contributed by atoms with van der Waals surface area (Å²) in [5, 5.41) is 5.08. The van der Waals surface area contributed by atoms with E-state index in [1.807, 2.05) is 0 Å². The average molecular weight is 494 g/mol. The van der Waals surface area contributed by atoms with Crippen molar-refractivity contribution in [1.82, 2.24) is 9.62 Å². The van der Waals surface area contributed by atoms with Gasteiger partial charge < -0.3 is 10.1 Å². The number of hydrogen-bond donors (Lipinski definition) is 2. The Balaban J connectivity index is 1.78. The summed E-state index contributed by atoms with van der Waals surface area (Å²) >= 11 is 1.21. The Morgan fingerprint density at radius 2 is 1.58 bits per heavy atom. The maximum Gasteiger partial charge on any atom is 0.413 e. The predicted molar refractivity (Wildman–Crippen MR) is 125 cm³/mol. The van der Waals surface area contributed by atoms with Gasteiger partial charge >= 0.3 is 6.09 Å². The van der Waals surface area contributed by atoms with Gasteiger partial charge in [-0.2, -0.15) is 4.31 Å². The minimum Gasteiger partial charge on any atom is -0.453 e. The second-order valence-electron chi connectivity index (χ2n) is 7.73. The largest absolute Gasteiger partial charge is 0.453 e. The smallest absolute Gasteiger partial charge is 0.413 e. The number of aryl methyl sites for hydroxylation is 1. The molecule has 2 N–H and O–H groups in total. The molecule has 11 heteroatoms. The van der Waals surface area contributed by atoms with Crippen molar-refractivity contribution >= 4 is 44.3 Å². The molecule has 1 aromatic carbocycles. The van der Waals surface area contributed by atoms with Crippen LogP contribution in [0.2, 0.25) is 0 Å². The summed E-state index contributed by atoms with van der Waals surface area (Å²) in [7, 11) is -2.47. The van der Waals surface area contributed by atoms with Crippen LogP contribution in [0.15, 0.2) is 29.2 Å². The fraction of sp³-hybridized carbons (Fsp3) is 0.409. The number of nitrogens with one attached hydrogen (secondary N) is 2. The number of carbonyl (C=O) groups is 3. The number of nitrogens with zero attached hydrogens (tertiary/aromatic N) is 1. The number of carbonyl (C=O) groups excluding carboxylic acids is 3. The van der Waals surface area contributed by atoms with E-state index < -0.39 is 27.9 Å². The molecule has 0 aliphatic carbocycles. The molecule has 0 spiro atoms. The van der Waals surface area contributed by atoms with Gasteiger partial charge in [-0.3, -0.25) is 14.9 Å². The molecule has 0 radical (unpaired) electrons. The monoisotopic (exact) mass is 493 g/mol. The maximum atomic E-state index is 12.9. The summed E-state index contributed by atoms with van der Waals surface area (Å²) in [6.07, 6.45) is 2.82. The molecule has 0 bridgehead atoms. The van der Waals surface area contributed by atoms with Crippen LogP contribution in [0, 0.1) is 13.8 Å². The van der Waals surface area contributed by atoms with Gasteiger partial charge in [-0.1, -0.05) is 12.8 Å². The first-order valence-electron chi connectivity index (χ1n) is 10.6. The summed E-state index contributed by atoms with van der Waals surface area (Å²) in [5.74, 6) is -1.18. The number of amides is 3. The minimum absolute atomic E-state index is 0.141. The zero-order valence-electron chi connectivity index (χ0n) is 18.8. The summed E-state index contributed by atoms with van der Waals surface area (Å²) < 4.78 is 31.8. The summed E-state index contributed by atoms with van der Waals surface area (Å²) in [6, 6.07) is 5.74. The van der Waals surface area contributed by atoms with Gasteiger partial charge in [0.05, 0.1) is 17.6 Å². The molecule has 2 aromatic rings. The Kier molecular flexibility index (Phi) is 7.88. The quantitative estimate of drug-likeness (QED) is 0.655. The summed E-state index contributed by atoms with van der Waals surface area (Å²) in [4.78, 5) is 37.7. The van der Waals surface area contributed by atoms with Crippen LogP contribution in [0.1, 0.15) is 56.8 Å². The Bertz CT molecular complexity index is 1150. The number of alkyl carbamates (subject to hydrolysis) is 1. The van der Waals surface area contributed by atoms with Gasteiger partial charge in [0, 0.05) is 23.5 Å². The lowest BCUT2D eigenvalue weighted by atomic mass is 10.1. The van der Waals surface area contributed by atoms with Crippen LogP contribution in [0.5, 0.6) is 0 Å². The molecule has 3 amide bonds. The first-order chi connectivity index (χ1) is 15.6. The lowest BCUT2D eigenvalue weighted by Crippen LogP contribution is -2.32. The average Bonchev–Trinajstić information content (AvgIpc) is 2.96. The van der Waals surface area contributed by atoms with Gasteiger partial charge in [0.15, 0.2) is 0 Å². The van der Waals surface area contributed by atoms with E-state index in [1.165, 1.54) is 39.9 Å². The summed E-state index contributed by atoms with van der Waals surface area (Å²) in [6.45, 7) is 4.51. The number of thiophene rings is 1. The fourth-order valence-electron chi connectivity index (χ4n) is 3.58. The molecule has 3 rings (SSSR count). The Labute approximate surface area is 197 Å². The van der Waals surface area contributed by atoms with Crippen molar-refractivity contribution in [3.05, 3.63) is 45.8 Å². The lowest BCUT2D eigenvalue weighted by molar-refractivity contribution is 0.0937. The summed E-state index contributed by atoms with van der Waals surface area (Å²) in [5.41, 5.74) is 1.06. The fourth-order valence-corrected chi connectivity index (χ4v) is 6.15. The normalized spacial score (nSPS) is 14.9. The van der Waals surface area contributed by atoms with Gasteiger partial charge in [-0.15, -0.1) is 11.3 Å². The lowest BCUT2D eigenvalue weighted by Gasteiger charge is -2.20. The van der Waals surface area contributed by atoms with Crippen molar-refractivity contribution in [2.75, 3.05) is 25.5 Å². The molecule has 9 nitrogen and oxygen atoms in total. The van der Waals surface area contributed by atoms with Crippen LogP contribution in [-0.2, 0) is 14.8 Å². The second-order valence-corrected chi connectivity index (χ2v) is 10.9. The van der Waals surface area contributed by atoms with Crippen LogP contribution in [0.25, 0.3) is 0 Å². The van der Waals surface area contributed by atoms with Crippen LogP contribution < -0.4 is 10.6 Å². The molecule has 178 valence electrons. The number of methoxy groups -OCH3 is 1. The Morgan fingerprint density at radius 1 is 0.970 bits per heavy atom. The first kappa shape index (κ1) is 24.9. The molecule has 33 heavy (non-hydrogen) atoms. The molecule has 0 unspecified atom stereocenters. The van der Waals surface area contributed by atoms with Gasteiger partial charge in [-0.25, -0.2) is 13.2 Å². The van der Waals surface area contributed by atoms with E-state index in [2.05, 4.69) is 15.4 Å². The van der Waals surface area contributed by atoms with Crippen molar-refractivity contribution in [3.63, 3.8) is 0 Å². The van der Waals surface area contributed by atoms with E-state index in [0.717, 1.165) is 37.7 Å². The van der Waals surface area contributed by atoms with Crippen LogP contribution in [0.4, 0.5) is 9.80 Å². The maximum absolute atomic E-state index is 12.9. The van der Waals surface area contributed by atoms with E-state index in [9.17, 15) is 22.8 Å². The molecule has 1 saturated heterocycles. The van der Waals surface area contributed by atoms with Gasteiger partial charge in [0.2, 0.25) is 10.0 Å². The highest BCUT2D eigenvalue weighted by molar-refractivity contribution is 7.89. The molecule has 1 fully saturated rings. The van der Waals surface area contributed by atoms with Crippen molar-refractivity contribution in [2.45, 2.75) is 44.4 Å². The number of anilines is 1.